The molecule has 3 nitrogen and oxygen atoms in total. The molecular weight excluding hydrogens is 250 g/mol. The van der Waals surface area contributed by atoms with Crippen LogP contribution in [0.4, 0.5) is 0 Å². The van der Waals surface area contributed by atoms with E-state index in [4.69, 9.17) is 4.74 Å². The molecule has 3 heteroatoms. The van der Waals surface area contributed by atoms with Crippen molar-refractivity contribution >= 4 is 17.2 Å². The molecule has 0 fully saturated rings. The second kappa shape index (κ2) is 6.60. The molecule has 0 N–H and O–H groups in total. The van der Waals surface area contributed by atoms with Gasteiger partial charge in [0.1, 0.15) is 5.75 Å². The zero-order chi connectivity index (χ0) is 14.5. The van der Waals surface area contributed by atoms with Gasteiger partial charge in [-0.3, -0.25) is 4.79 Å². The van der Waals surface area contributed by atoms with Gasteiger partial charge in [0.25, 0.3) is 0 Å². The average Bonchev–Trinajstić information content (AvgIpc) is 2.73. The molecule has 1 aromatic carbocycles. The highest BCUT2D eigenvalue weighted by atomic mass is 16.5. The van der Waals surface area contributed by atoms with E-state index < -0.39 is 0 Å². The summed E-state index contributed by atoms with van der Waals surface area (Å²) in [5.74, 6) is 0.843. The highest BCUT2D eigenvalue weighted by molar-refractivity contribution is 6.00. The largest absolute Gasteiger partial charge is 0.494 e. The van der Waals surface area contributed by atoms with Crippen LogP contribution in [0.3, 0.4) is 0 Å². The second-order valence-corrected chi connectivity index (χ2v) is 5.15. The first-order valence-corrected chi connectivity index (χ1v) is 7.43. The van der Waals surface area contributed by atoms with Gasteiger partial charge in [0.2, 0.25) is 0 Å². The number of nitrogens with zero attached hydrogens (tertiary/aromatic N) is 1. The molecule has 2 aromatic rings. The molecular formula is C17H23NO2. The van der Waals surface area contributed by atoms with E-state index in [1.165, 1.54) is 0 Å². The van der Waals surface area contributed by atoms with Gasteiger partial charge in [-0.25, -0.2) is 0 Å². The maximum Gasteiger partial charge on any atom is 0.152 e. The van der Waals surface area contributed by atoms with Crippen LogP contribution in [-0.2, 0) is 6.54 Å². The Bertz CT molecular complexity index is 599. The van der Waals surface area contributed by atoms with Crippen LogP contribution in [0.25, 0.3) is 10.9 Å². The number of fused-ring (bicyclic) bond motifs is 1. The van der Waals surface area contributed by atoms with E-state index in [1.54, 1.807) is 0 Å². The zero-order valence-electron chi connectivity index (χ0n) is 12.6. The van der Waals surface area contributed by atoms with E-state index in [1.807, 2.05) is 19.1 Å². The predicted octanol–water partition coefficient (Wildman–Crippen LogP) is 4.35. The van der Waals surface area contributed by atoms with Crippen LogP contribution in [0.15, 0.2) is 18.2 Å². The summed E-state index contributed by atoms with van der Waals surface area (Å²) < 4.78 is 7.91. The quantitative estimate of drug-likeness (QED) is 0.702. The van der Waals surface area contributed by atoms with E-state index in [9.17, 15) is 4.79 Å². The van der Waals surface area contributed by atoms with Crippen molar-refractivity contribution < 1.29 is 9.53 Å². The molecule has 0 amide bonds. The SMILES string of the molecule is CCCCn1c(C)c(C=O)c2cc(OCCC)ccc21. The lowest BCUT2D eigenvalue weighted by Crippen LogP contribution is -2.00. The first kappa shape index (κ1) is 14.6. The van der Waals surface area contributed by atoms with E-state index >= 15 is 0 Å². The fraction of sp³-hybridized carbons (Fsp3) is 0.471. The van der Waals surface area contributed by atoms with E-state index in [2.05, 4.69) is 24.5 Å². The molecule has 0 radical (unpaired) electrons. The average molecular weight is 273 g/mol. The summed E-state index contributed by atoms with van der Waals surface area (Å²) in [6, 6.07) is 6.05. The van der Waals surface area contributed by atoms with Gasteiger partial charge in [-0.2, -0.15) is 0 Å². The van der Waals surface area contributed by atoms with E-state index in [0.717, 1.165) is 60.0 Å². The van der Waals surface area contributed by atoms with Gasteiger partial charge in [0, 0.05) is 28.7 Å². The second-order valence-electron chi connectivity index (χ2n) is 5.15. The molecule has 0 saturated heterocycles. The van der Waals surface area contributed by atoms with Gasteiger partial charge in [0.15, 0.2) is 6.29 Å². The smallest absolute Gasteiger partial charge is 0.152 e. The molecule has 0 aliphatic carbocycles. The predicted molar refractivity (Wildman–Crippen MR) is 82.8 cm³/mol. The van der Waals surface area contributed by atoms with Crippen molar-refractivity contribution in [3.8, 4) is 5.75 Å². The number of aromatic nitrogens is 1. The number of unbranched alkanes of at least 4 members (excludes halogenated alkanes) is 1. The summed E-state index contributed by atoms with van der Waals surface area (Å²) in [6.07, 6.45) is 4.21. The number of aldehydes is 1. The van der Waals surface area contributed by atoms with Crippen LogP contribution in [0, 0.1) is 6.92 Å². The third kappa shape index (κ3) is 2.72. The molecule has 0 aliphatic heterocycles. The van der Waals surface area contributed by atoms with Gasteiger partial charge in [-0.15, -0.1) is 0 Å². The molecule has 0 unspecified atom stereocenters. The highest BCUT2D eigenvalue weighted by Gasteiger charge is 2.13. The molecule has 0 spiro atoms. The molecule has 1 heterocycles. The Morgan fingerprint density at radius 1 is 1.25 bits per heavy atom. The number of hydrogen-bond acceptors (Lipinski definition) is 2. The first-order valence-electron chi connectivity index (χ1n) is 7.43. The molecule has 2 rings (SSSR count). The number of hydrogen-bond donors (Lipinski definition) is 0. The van der Waals surface area contributed by atoms with Gasteiger partial charge >= 0.3 is 0 Å². The fourth-order valence-electron chi connectivity index (χ4n) is 2.55. The topological polar surface area (TPSA) is 31.2 Å². The minimum atomic E-state index is 0.706. The van der Waals surface area contributed by atoms with Crippen molar-refractivity contribution in [3.05, 3.63) is 29.5 Å². The monoisotopic (exact) mass is 273 g/mol. The summed E-state index contributed by atoms with van der Waals surface area (Å²) in [7, 11) is 0. The summed E-state index contributed by atoms with van der Waals surface area (Å²) in [4.78, 5) is 11.4. The molecule has 0 bridgehead atoms. The van der Waals surface area contributed by atoms with Gasteiger partial charge in [-0.05, 0) is 38.0 Å². The number of rotatable bonds is 7. The number of carbonyl (C=O) groups is 1. The summed E-state index contributed by atoms with van der Waals surface area (Å²) in [5, 5.41) is 1.00. The minimum absolute atomic E-state index is 0.706. The highest BCUT2D eigenvalue weighted by Crippen LogP contribution is 2.28. The Labute approximate surface area is 120 Å². The van der Waals surface area contributed by atoms with Crippen LogP contribution in [0.2, 0.25) is 0 Å². The molecule has 1 aromatic heterocycles. The Kier molecular flexibility index (Phi) is 4.83. The molecule has 108 valence electrons. The normalized spacial score (nSPS) is 10.9. The van der Waals surface area contributed by atoms with Crippen molar-refractivity contribution in [1.29, 1.82) is 0 Å². The molecule has 0 saturated carbocycles. The maximum atomic E-state index is 11.4. The summed E-state index contributed by atoms with van der Waals surface area (Å²) in [6.45, 7) is 7.95. The molecule has 0 aliphatic rings. The minimum Gasteiger partial charge on any atom is -0.494 e. The van der Waals surface area contributed by atoms with Gasteiger partial charge in [-0.1, -0.05) is 20.3 Å². The summed E-state index contributed by atoms with van der Waals surface area (Å²) in [5.41, 5.74) is 2.97. The third-order valence-electron chi connectivity index (χ3n) is 3.67. The lowest BCUT2D eigenvalue weighted by atomic mass is 10.1. The zero-order valence-corrected chi connectivity index (χ0v) is 12.6. The van der Waals surface area contributed by atoms with Crippen LogP contribution in [-0.4, -0.2) is 17.5 Å². The van der Waals surface area contributed by atoms with Gasteiger partial charge < -0.3 is 9.30 Å². The van der Waals surface area contributed by atoms with Crippen LogP contribution >= 0.6 is 0 Å². The van der Waals surface area contributed by atoms with Crippen LogP contribution in [0.1, 0.15) is 49.2 Å². The van der Waals surface area contributed by atoms with Crippen molar-refractivity contribution in [2.75, 3.05) is 6.61 Å². The Morgan fingerprint density at radius 2 is 2.05 bits per heavy atom. The maximum absolute atomic E-state index is 11.4. The third-order valence-corrected chi connectivity index (χ3v) is 3.67. The van der Waals surface area contributed by atoms with Crippen molar-refractivity contribution in [3.63, 3.8) is 0 Å². The van der Waals surface area contributed by atoms with Crippen molar-refractivity contribution in [1.82, 2.24) is 4.57 Å². The Balaban J connectivity index is 2.48. The molecule has 0 atom stereocenters. The van der Waals surface area contributed by atoms with Gasteiger partial charge in [0.05, 0.1) is 6.61 Å². The number of ether oxygens (including phenoxy) is 1. The molecule has 20 heavy (non-hydrogen) atoms. The van der Waals surface area contributed by atoms with Crippen LogP contribution < -0.4 is 4.74 Å². The van der Waals surface area contributed by atoms with Crippen LogP contribution in [0.5, 0.6) is 5.75 Å². The number of carbonyl (C=O) groups excluding carboxylic acids is 1. The lowest BCUT2D eigenvalue weighted by molar-refractivity contribution is 0.112. The number of aryl methyl sites for hydroxylation is 1. The Morgan fingerprint density at radius 3 is 2.70 bits per heavy atom. The number of benzene rings is 1. The lowest BCUT2D eigenvalue weighted by Gasteiger charge is -2.08. The Hall–Kier alpha value is -1.77. The van der Waals surface area contributed by atoms with E-state index in [0.29, 0.717) is 6.61 Å². The fourth-order valence-corrected chi connectivity index (χ4v) is 2.55. The summed E-state index contributed by atoms with van der Waals surface area (Å²) >= 11 is 0. The first-order chi connectivity index (χ1) is 9.72. The standard InChI is InChI=1S/C17H23NO2/c1-4-6-9-18-13(3)16(12-19)15-11-14(20-10-5-2)7-8-17(15)18/h7-8,11-12H,4-6,9-10H2,1-3H3. The van der Waals surface area contributed by atoms with Crippen molar-refractivity contribution in [2.24, 2.45) is 0 Å². The van der Waals surface area contributed by atoms with E-state index in [-0.39, 0.29) is 0 Å². The van der Waals surface area contributed by atoms with Crippen molar-refractivity contribution in [2.45, 2.75) is 46.6 Å².